The molecule has 1 fully saturated rings. The van der Waals surface area contributed by atoms with E-state index >= 15 is 0 Å². The molecule has 0 unspecified atom stereocenters. The van der Waals surface area contributed by atoms with E-state index in [9.17, 15) is 9.59 Å². The van der Waals surface area contributed by atoms with Crippen LogP contribution in [-0.4, -0.2) is 71.4 Å². The van der Waals surface area contributed by atoms with Crippen molar-refractivity contribution in [2.24, 2.45) is 0 Å². The van der Waals surface area contributed by atoms with Gasteiger partial charge in [-0.25, -0.2) is 4.98 Å². The first-order valence-electron chi connectivity index (χ1n) is 5.91. The Morgan fingerprint density at radius 1 is 1.44 bits per heavy atom. The number of carbonyl (C=O) groups excluding carboxylic acids is 2. The molecule has 18 heavy (non-hydrogen) atoms. The monoisotopic (exact) mass is 251 g/mol. The molecule has 98 valence electrons. The first-order chi connectivity index (χ1) is 8.68. The van der Waals surface area contributed by atoms with Crippen LogP contribution >= 0.6 is 0 Å². The number of nitrogens with zero attached hydrogens (tertiary/aromatic N) is 3. The molecule has 2 amide bonds. The first-order valence-corrected chi connectivity index (χ1v) is 5.91. The lowest BCUT2D eigenvalue weighted by Crippen LogP contribution is -2.49. The van der Waals surface area contributed by atoms with E-state index in [-0.39, 0.29) is 18.4 Å². The number of imidazole rings is 1. The fourth-order valence-electron chi connectivity index (χ4n) is 1.87. The molecule has 1 aromatic rings. The van der Waals surface area contributed by atoms with Crippen molar-refractivity contribution >= 4 is 11.8 Å². The molecule has 1 saturated heterocycles. The van der Waals surface area contributed by atoms with Crippen molar-refractivity contribution in [1.82, 2.24) is 25.1 Å². The molecular weight excluding hydrogens is 234 g/mol. The number of hydrogen-bond donors (Lipinski definition) is 2. The second-order valence-corrected chi connectivity index (χ2v) is 4.26. The Morgan fingerprint density at radius 2 is 2.17 bits per heavy atom. The van der Waals surface area contributed by atoms with Crippen molar-refractivity contribution < 1.29 is 9.59 Å². The minimum Gasteiger partial charge on any atom is -0.341 e. The van der Waals surface area contributed by atoms with E-state index in [4.69, 9.17) is 0 Å². The zero-order valence-corrected chi connectivity index (χ0v) is 10.3. The maximum absolute atomic E-state index is 12.0. The Labute approximate surface area is 105 Å². The summed E-state index contributed by atoms with van der Waals surface area (Å²) in [4.78, 5) is 33.5. The Kier molecular flexibility index (Phi) is 3.93. The third kappa shape index (κ3) is 2.86. The molecule has 7 heteroatoms. The second-order valence-electron chi connectivity index (χ2n) is 4.26. The fourth-order valence-corrected chi connectivity index (χ4v) is 1.87. The summed E-state index contributed by atoms with van der Waals surface area (Å²) in [5, 5.41) is 3.18. The Hall–Kier alpha value is -1.89. The molecule has 0 aliphatic carbocycles. The summed E-state index contributed by atoms with van der Waals surface area (Å²) in [5.41, 5.74) is 0.394. The number of piperazine rings is 1. The van der Waals surface area contributed by atoms with Gasteiger partial charge in [0.15, 0.2) is 0 Å². The summed E-state index contributed by atoms with van der Waals surface area (Å²) < 4.78 is 0. The molecular formula is C11H17N5O2. The van der Waals surface area contributed by atoms with Crippen LogP contribution in [0, 0.1) is 0 Å². The Bertz CT molecular complexity index is 411. The van der Waals surface area contributed by atoms with Gasteiger partial charge in [-0.3, -0.25) is 9.59 Å². The number of rotatable bonds is 3. The van der Waals surface area contributed by atoms with Gasteiger partial charge in [0.2, 0.25) is 5.91 Å². The highest BCUT2D eigenvalue weighted by Crippen LogP contribution is 2.00. The van der Waals surface area contributed by atoms with Crippen LogP contribution in [0.2, 0.25) is 0 Å². The third-order valence-electron chi connectivity index (χ3n) is 2.92. The van der Waals surface area contributed by atoms with Gasteiger partial charge in [0, 0.05) is 33.2 Å². The normalized spacial score (nSPS) is 15.5. The highest BCUT2D eigenvalue weighted by atomic mass is 16.2. The van der Waals surface area contributed by atoms with E-state index in [0.717, 1.165) is 13.1 Å². The molecule has 1 aliphatic rings. The average molecular weight is 251 g/mol. The number of H-pyrrole nitrogens is 1. The van der Waals surface area contributed by atoms with Gasteiger partial charge < -0.3 is 20.1 Å². The third-order valence-corrected chi connectivity index (χ3v) is 2.92. The second kappa shape index (κ2) is 5.63. The van der Waals surface area contributed by atoms with Crippen LogP contribution in [-0.2, 0) is 4.79 Å². The van der Waals surface area contributed by atoms with E-state index in [0.29, 0.717) is 18.8 Å². The van der Waals surface area contributed by atoms with Crippen molar-refractivity contribution in [3.63, 3.8) is 0 Å². The molecule has 2 heterocycles. The summed E-state index contributed by atoms with van der Waals surface area (Å²) in [5.74, 6) is -0.247. The Balaban J connectivity index is 1.88. The number of likely N-dealkylation sites (N-methyl/N-ethyl adjacent to an activating group) is 1. The molecule has 2 rings (SSSR count). The van der Waals surface area contributed by atoms with E-state index in [1.165, 1.54) is 17.4 Å². The van der Waals surface area contributed by atoms with Crippen molar-refractivity contribution in [3.05, 3.63) is 18.2 Å². The van der Waals surface area contributed by atoms with Gasteiger partial charge in [-0.1, -0.05) is 0 Å². The highest BCUT2D eigenvalue weighted by molar-refractivity contribution is 5.94. The molecule has 0 aromatic carbocycles. The number of hydrogen-bond acceptors (Lipinski definition) is 4. The van der Waals surface area contributed by atoms with Gasteiger partial charge in [0.1, 0.15) is 5.69 Å². The number of aromatic amines is 1. The summed E-state index contributed by atoms with van der Waals surface area (Å²) in [7, 11) is 1.61. The van der Waals surface area contributed by atoms with Crippen LogP contribution in [0.1, 0.15) is 10.5 Å². The van der Waals surface area contributed by atoms with Crippen molar-refractivity contribution in [2.45, 2.75) is 0 Å². The predicted octanol–water partition coefficient (Wildman–Crippen LogP) is -1.09. The van der Waals surface area contributed by atoms with E-state index in [1.54, 1.807) is 11.9 Å². The van der Waals surface area contributed by atoms with Gasteiger partial charge in [0.25, 0.3) is 5.91 Å². The van der Waals surface area contributed by atoms with Crippen LogP contribution < -0.4 is 5.32 Å². The van der Waals surface area contributed by atoms with Crippen LogP contribution in [0.5, 0.6) is 0 Å². The number of nitrogens with one attached hydrogen (secondary N) is 2. The van der Waals surface area contributed by atoms with Crippen LogP contribution in [0.3, 0.4) is 0 Å². The van der Waals surface area contributed by atoms with Crippen LogP contribution in [0.4, 0.5) is 0 Å². The van der Waals surface area contributed by atoms with E-state index < -0.39 is 0 Å². The topological polar surface area (TPSA) is 81.3 Å². The molecule has 1 aliphatic heterocycles. The van der Waals surface area contributed by atoms with Crippen molar-refractivity contribution in [1.29, 1.82) is 0 Å². The molecule has 0 atom stereocenters. The number of carbonyl (C=O) groups is 2. The number of aromatic nitrogens is 2. The lowest BCUT2D eigenvalue weighted by Gasteiger charge is -2.29. The van der Waals surface area contributed by atoms with E-state index in [1.807, 2.05) is 0 Å². The minimum absolute atomic E-state index is 0.0214. The lowest BCUT2D eigenvalue weighted by atomic mass is 10.3. The van der Waals surface area contributed by atoms with Crippen molar-refractivity contribution in [3.8, 4) is 0 Å². The molecule has 7 nitrogen and oxygen atoms in total. The number of amides is 2. The predicted molar refractivity (Wildman–Crippen MR) is 65.0 cm³/mol. The quantitative estimate of drug-likeness (QED) is 0.715. The molecule has 1 aromatic heterocycles. The summed E-state index contributed by atoms with van der Waals surface area (Å²) in [6.45, 7) is 3.11. The SMILES string of the molecule is CN(CC(=O)N1CCNCC1)C(=O)c1cnc[nH]1. The van der Waals surface area contributed by atoms with Gasteiger partial charge >= 0.3 is 0 Å². The average Bonchev–Trinajstić information content (AvgIpc) is 2.92. The molecule has 0 spiro atoms. The van der Waals surface area contributed by atoms with Gasteiger partial charge in [-0.2, -0.15) is 0 Å². The van der Waals surface area contributed by atoms with E-state index in [2.05, 4.69) is 15.3 Å². The maximum Gasteiger partial charge on any atom is 0.272 e. The first kappa shape index (κ1) is 12.6. The zero-order valence-electron chi connectivity index (χ0n) is 10.3. The molecule has 0 saturated carbocycles. The Morgan fingerprint density at radius 3 is 2.78 bits per heavy atom. The van der Waals surface area contributed by atoms with Gasteiger partial charge in [-0.15, -0.1) is 0 Å². The molecule has 2 N–H and O–H groups in total. The molecule has 0 bridgehead atoms. The lowest BCUT2D eigenvalue weighted by molar-refractivity contribution is -0.132. The summed E-state index contributed by atoms with van der Waals surface area (Å²) in [6, 6.07) is 0. The summed E-state index contributed by atoms with van der Waals surface area (Å²) >= 11 is 0. The van der Waals surface area contributed by atoms with Crippen molar-refractivity contribution in [2.75, 3.05) is 39.8 Å². The minimum atomic E-state index is -0.226. The van der Waals surface area contributed by atoms with Gasteiger partial charge in [0.05, 0.1) is 19.1 Å². The fraction of sp³-hybridized carbons (Fsp3) is 0.545. The molecule has 0 radical (unpaired) electrons. The summed E-state index contributed by atoms with van der Waals surface area (Å²) in [6.07, 6.45) is 2.90. The maximum atomic E-state index is 12.0. The highest BCUT2D eigenvalue weighted by Gasteiger charge is 2.21. The zero-order chi connectivity index (χ0) is 13.0. The van der Waals surface area contributed by atoms with Crippen LogP contribution in [0.15, 0.2) is 12.5 Å². The smallest absolute Gasteiger partial charge is 0.272 e. The largest absolute Gasteiger partial charge is 0.341 e. The standard InChI is InChI=1S/C11H17N5O2/c1-15(11(18)9-6-13-8-14-9)7-10(17)16-4-2-12-3-5-16/h6,8,12H,2-5,7H2,1H3,(H,13,14). The van der Waals surface area contributed by atoms with Gasteiger partial charge in [-0.05, 0) is 0 Å². The van der Waals surface area contributed by atoms with Crippen LogP contribution in [0.25, 0.3) is 0 Å².